The Labute approximate surface area is 115 Å². The average Bonchev–Trinajstić information content (AvgIpc) is 2.95. The second-order valence-electron chi connectivity index (χ2n) is 3.16. The number of aliphatic hydroxyl groups excluding tert-OH is 1. The highest BCUT2D eigenvalue weighted by molar-refractivity contribution is 9.11. The zero-order chi connectivity index (χ0) is 13.2. The van der Waals surface area contributed by atoms with Crippen molar-refractivity contribution in [1.29, 1.82) is 0 Å². The van der Waals surface area contributed by atoms with Gasteiger partial charge in [-0.15, -0.1) is 21.5 Å². The number of aromatic amines is 1. The first-order chi connectivity index (χ1) is 8.53. The van der Waals surface area contributed by atoms with Crippen LogP contribution in [0, 0.1) is 0 Å². The first-order valence-electron chi connectivity index (χ1n) is 4.64. The molecule has 0 aliphatic carbocycles. The summed E-state index contributed by atoms with van der Waals surface area (Å²) < 4.78 is 26.7. The molecule has 18 heavy (non-hydrogen) atoms. The van der Waals surface area contributed by atoms with Gasteiger partial charge in [-0.2, -0.15) is 5.21 Å². The van der Waals surface area contributed by atoms with Crippen LogP contribution in [0.1, 0.15) is 10.7 Å². The van der Waals surface area contributed by atoms with Gasteiger partial charge in [0, 0.05) is 4.88 Å². The van der Waals surface area contributed by atoms with Crippen LogP contribution in [0.4, 0.5) is 0 Å². The summed E-state index contributed by atoms with van der Waals surface area (Å²) in [6.07, 6.45) is 0. The average molecular weight is 354 g/mol. The molecule has 2 heterocycles. The highest BCUT2D eigenvalue weighted by atomic mass is 79.9. The minimum absolute atomic E-state index is 0.0599. The van der Waals surface area contributed by atoms with E-state index in [1.807, 2.05) is 0 Å². The molecular weight excluding hydrogens is 346 g/mol. The molecule has 0 fully saturated rings. The fourth-order valence-electron chi connectivity index (χ4n) is 1.15. The first-order valence-corrected chi connectivity index (χ1v) is 7.73. The molecule has 0 aliphatic heterocycles. The number of sulfonamides is 1. The van der Waals surface area contributed by atoms with Crippen LogP contribution >= 0.6 is 27.3 Å². The molecule has 2 rings (SSSR count). The summed E-state index contributed by atoms with van der Waals surface area (Å²) in [6, 6.07) is 1.41. The van der Waals surface area contributed by atoms with Crippen LogP contribution in [0.3, 0.4) is 0 Å². The number of tetrazole rings is 1. The lowest BCUT2D eigenvalue weighted by Crippen LogP contribution is -2.23. The van der Waals surface area contributed by atoms with Gasteiger partial charge in [0.25, 0.3) is 0 Å². The van der Waals surface area contributed by atoms with Gasteiger partial charge in [-0.1, -0.05) is 5.21 Å². The lowest BCUT2D eigenvalue weighted by Gasteiger charge is -2.02. The monoisotopic (exact) mass is 353 g/mol. The highest BCUT2D eigenvalue weighted by Crippen LogP contribution is 2.31. The van der Waals surface area contributed by atoms with E-state index in [2.05, 4.69) is 41.3 Å². The van der Waals surface area contributed by atoms with Crippen molar-refractivity contribution in [2.45, 2.75) is 18.0 Å². The summed E-state index contributed by atoms with van der Waals surface area (Å²) in [5, 5.41) is 21.8. The molecular formula is C7H8BrN5O3S2. The third-order valence-electron chi connectivity index (χ3n) is 1.96. The molecule has 0 atom stereocenters. The van der Waals surface area contributed by atoms with E-state index in [0.29, 0.717) is 8.66 Å². The molecule has 2 aromatic heterocycles. The molecule has 2 aromatic rings. The summed E-state index contributed by atoms with van der Waals surface area (Å²) in [4.78, 5) is 0.641. The summed E-state index contributed by atoms with van der Waals surface area (Å²) in [7, 11) is -3.68. The fraction of sp³-hybridized carbons (Fsp3) is 0.286. The maximum atomic E-state index is 12.0. The number of halogens is 1. The van der Waals surface area contributed by atoms with Gasteiger partial charge < -0.3 is 5.11 Å². The molecule has 0 amide bonds. The van der Waals surface area contributed by atoms with Gasteiger partial charge in [0.15, 0.2) is 5.82 Å². The van der Waals surface area contributed by atoms with Gasteiger partial charge in [-0.05, 0) is 22.0 Å². The lowest BCUT2D eigenvalue weighted by molar-refractivity contribution is 0.285. The summed E-state index contributed by atoms with van der Waals surface area (Å²) >= 11 is 4.31. The van der Waals surface area contributed by atoms with E-state index in [-0.39, 0.29) is 23.9 Å². The van der Waals surface area contributed by atoms with Gasteiger partial charge in [0.05, 0.1) is 16.9 Å². The number of hydrogen-bond donors (Lipinski definition) is 3. The maximum absolute atomic E-state index is 12.0. The Bertz CT molecular complexity index is 624. The fourth-order valence-corrected chi connectivity index (χ4v) is 4.67. The van der Waals surface area contributed by atoms with E-state index in [1.165, 1.54) is 6.07 Å². The minimum atomic E-state index is -3.68. The second kappa shape index (κ2) is 5.40. The van der Waals surface area contributed by atoms with Crippen molar-refractivity contribution in [3.8, 4) is 0 Å². The quantitative estimate of drug-likeness (QED) is 0.695. The Morgan fingerprint density at radius 1 is 1.56 bits per heavy atom. The number of H-pyrrole nitrogens is 1. The highest BCUT2D eigenvalue weighted by Gasteiger charge is 2.21. The third kappa shape index (κ3) is 2.92. The molecule has 98 valence electrons. The molecule has 0 radical (unpaired) electrons. The topological polar surface area (TPSA) is 121 Å². The number of aliphatic hydroxyl groups is 1. The molecule has 11 heteroatoms. The normalized spacial score (nSPS) is 11.9. The van der Waals surface area contributed by atoms with Crippen LogP contribution in [0.25, 0.3) is 0 Å². The molecule has 0 unspecified atom stereocenters. The van der Waals surface area contributed by atoms with Gasteiger partial charge >= 0.3 is 0 Å². The summed E-state index contributed by atoms with van der Waals surface area (Å²) in [6.45, 7) is -0.265. The Morgan fingerprint density at radius 3 is 2.89 bits per heavy atom. The van der Waals surface area contributed by atoms with Crippen LogP contribution in [-0.4, -0.2) is 34.1 Å². The molecule has 3 N–H and O–H groups in total. The largest absolute Gasteiger partial charge is 0.391 e. The Hall–Kier alpha value is -0.880. The van der Waals surface area contributed by atoms with Crippen LogP contribution in [0.15, 0.2) is 14.7 Å². The molecule has 0 aromatic carbocycles. The number of thiophene rings is 1. The summed E-state index contributed by atoms with van der Waals surface area (Å²) in [5.74, 6) is 0.243. The van der Waals surface area contributed by atoms with Crippen LogP contribution < -0.4 is 4.72 Å². The molecule has 0 saturated heterocycles. The van der Waals surface area contributed by atoms with E-state index in [4.69, 9.17) is 5.11 Å². The van der Waals surface area contributed by atoms with Gasteiger partial charge in [-0.3, -0.25) is 0 Å². The standard InChI is InChI=1S/C7H8BrN5O3S2/c8-7-5(1-4(3-14)17-7)18(15,16)9-2-6-10-12-13-11-6/h1,9,14H,2-3H2,(H,10,11,12,13). The van der Waals surface area contributed by atoms with Crippen molar-refractivity contribution in [1.82, 2.24) is 25.3 Å². The van der Waals surface area contributed by atoms with Crippen LogP contribution in [-0.2, 0) is 23.2 Å². The van der Waals surface area contributed by atoms with E-state index in [1.54, 1.807) is 0 Å². The van der Waals surface area contributed by atoms with E-state index >= 15 is 0 Å². The van der Waals surface area contributed by atoms with Gasteiger partial charge in [-0.25, -0.2) is 13.1 Å². The van der Waals surface area contributed by atoms with Crippen molar-refractivity contribution < 1.29 is 13.5 Å². The molecule has 0 aliphatic rings. The van der Waals surface area contributed by atoms with Crippen molar-refractivity contribution in [2.24, 2.45) is 0 Å². The number of nitrogens with one attached hydrogen (secondary N) is 2. The number of aromatic nitrogens is 4. The van der Waals surface area contributed by atoms with Crippen molar-refractivity contribution in [3.05, 3.63) is 20.6 Å². The van der Waals surface area contributed by atoms with Gasteiger partial charge in [0.2, 0.25) is 10.0 Å². The van der Waals surface area contributed by atoms with Crippen LogP contribution in [0.2, 0.25) is 0 Å². The molecule has 0 spiro atoms. The Balaban J connectivity index is 2.17. The molecule has 0 bridgehead atoms. The van der Waals surface area contributed by atoms with E-state index in [0.717, 1.165) is 11.3 Å². The van der Waals surface area contributed by atoms with E-state index < -0.39 is 10.0 Å². The van der Waals surface area contributed by atoms with Crippen LogP contribution in [0.5, 0.6) is 0 Å². The lowest BCUT2D eigenvalue weighted by atomic mass is 10.5. The second-order valence-corrected chi connectivity index (χ2v) is 7.35. The van der Waals surface area contributed by atoms with E-state index in [9.17, 15) is 8.42 Å². The number of hydrogen-bond acceptors (Lipinski definition) is 7. The smallest absolute Gasteiger partial charge is 0.242 e. The summed E-state index contributed by atoms with van der Waals surface area (Å²) in [5.41, 5.74) is 0. The van der Waals surface area contributed by atoms with Gasteiger partial charge in [0.1, 0.15) is 4.90 Å². The predicted molar refractivity (Wildman–Crippen MR) is 66.1 cm³/mol. The zero-order valence-corrected chi connectivity index (χ0v) is 12.0. The zero-order valence-electron chi connectivity index (χ0n) is 8.79. The minimum Gasteiger partial charge on any atom is -0.391 e. The Kier molecular flexibility index (Phi) is 4.07. The van der Waals surface area contributed by atoms with Crippen molar-refractivity contribution >= 4 is 37.3 Å². The SMILES string of the molecule is O=S(=O)(NCc1nn[nH]n1)c1cc(CO)sc1Br. The first kappa shape index (κ1) is 13.5. The Morgan fingerprint density at radius 2 is 2.33 bits per heavy atom. The number of rotatable bonds is 5. The molecule has 0 saturated carbocycles. The number of nitrogens with zero attached hydrogens (tertiary/aromatic N) is 3. The maximum Gasteiger partial charge on any atom is 0.242 e. The molecule has 8 nitrogen and oxygen atoms in total. The predicted octanol–water partition coefficient (Wildman–Crippen LogP) is -0.00550. The van der Waals surface area contributed by atoms with Crippen molar-refractivity contribution in [2.75, 3.05) is 0 Å². The van der Waals surface area contributed by atoms with Crippen molar-refractivity contribution in [3.63, 3.8) is 0 Å². The third-order valence-corrected chi connectivity index (χ3v) is 5.60.